The molecule has 0 saturated carbocycles. The average molecular weight is 432 g/mol. The van der Waals surface area contributed by atoms with Crippen molar-refractivity contribution in [2.45, 2.75) is 25.9 Å². The molecular formula is C19H21N5O3S2. The zero-order valence-corrected chi connectivity index (χ0v) is 18.2. The van der Waals surface area contributed by atoms with Gasteiger partial charge in [0.15, 0.2) is 16.1 Å². The van der Waals surface area contributed by atoms with Gasteiger partial charge in [-0.25, -0.2) is 9.78 Å². The van der Waals surface area contributed by atoms with Crippen LogP contribution in [0.5, 0.6) is 0 Å². The number of amides is 1. The van der Waals surface area contributed by atoms with E-state index in [0.29, 0.717) is 20.9 Å². The monoisotopic (exact) mass is 431 g/mol. The molecule has 0 fully saturated rings. The van der Waals surface area contributed by atoms with E-state index in [1.165, 1.54) is 11.8 Å². The fourth-order valence-electron chi connectivity index (χ4n) is 2.62. The van der Waals surface area contributed by atoms with Crippen LogP contribution in [0.1, 0.15) is 27.9 Å². The second-order valence-electron chi connectivity index (χ2n) is 6.17. The number of benzene rings is 1. The Morgan fingerprint density at radius 3 is 2.72 bits per heavy atom. The lowest BCUT2D eigenvalue weighted by atomic mass is 10.1. The van der Waals surface area contributed by atoms with E-state index in [1.807, 2.05) is 42.8 Å². The second kappa shape index (κ2) is 9.19. The quantitative estimate of drug-likeness (QED) is 0.452. The third-order valence-electron chi connectivity index (χ3n) is 4.06. The van der Waals surface area contributed by atoms with Crippen LogP contribution in [0, 0.1) is 13.8 Å². The van der Waals surface area contributed by atoms with Gasteiger partial charge in [0, 0.05) is 12.6 Å². The molecule has 2 heterocycles. The SMILES string of the molecule is CCOC(=O)c1sc(NC(=O)CSc2nnc(-c3ccccc3C)n2C)nc1C. The highest BCUT2D eigenvalue weighted by Crippen LogP contribution is 2.26. The summed E-state index contributed by atoms with van der Waals surface area (Å²) >= 11 is 2.39. The van der Waals surface area contributed by atoms with E-state index in [4.69, 9.17) is 4.74 Å². The van der Waals surface area contributed by atoms with E-state index in [2.05, 4.69) is 20.5 Å². The van der Waals surface area contributed by atoms with Gasteiger partial charge in [-0.2, -0.15) is 0 Å². The normalized spacial score (nSPS) is 10.8. The molecular weight excluding hydrogens is 410 g/mol. The smallest absolute Gasteiger partial charge is 0.350 e. The van der Waals surface area contributed by atoms with Gasteiger partial charge in [-0.15, -0.1) is 10.2 Å². The number of esters is 1. The molecule has 0 aliphatic rings. The highest BCUT2D eigenvalue weighted by Gasteiger charge is 2.18. The molecule has 1 N–H and O–H groups in total. The van der Waals surface area contributed by atoms with Crippen LogP contribution >= 0.6 is 23.1 Å². The number of nitrogens with zero attached hydrogens (tertiary/aromatic N) is 4. The summed E-state index contributed by atoms with van der Waals surface area (Å²) in [6.07, 6.45) is 0. The molecule has 0 saturated heterocycles. The zero-order valence-electron chi connectivity index (χ0n) is 16.6. The maximum absolute atomic E-state index is 12.3. The summed E-state index contributed by atoms with van der Waals surface area (Å²) in [5.41, 5.74) is 2.64. The molecule has 152 valence electrons. The van der Waals surface area contributed by atoms with Crippen LogP contribution in [0.15, 0.2) is 29.4 Å². The first kappa shape index (κ1) is 21.0. The van der Waals surface area contributed by atoms with Gasteiger partial charge in [0.1, 0.15) is 4.88 Å². The molecule has 10 heteroatoms. The Labute approximate surface area is 176 Å². The standard InChI is InChI=1S/C19H21N5O3S2/c1-5-27-17(26)15-12(3)20-18(29-15)21-14(25)10-28-19-23-22-16(24(19)4)13-9-7-6-8-11(13)2/h6-9H,5,10H2,1-4H3,(H,20,21,25). The first-order valence-corrected chi connectivity index (χ1v) is 10.7. The minimum atomic E-state index is -0.430. The Morgan fingerprint density at radius 2 is 2.00 bits per heavy atom. The number of thioether (sulfide) groups is 1. The van der Waals surface area contributed by atoms with E-state index < -0.39 is 5.97 Å². The number of thiazole rings is 1. The largest absolute Gasteiger partial charge is 0.462 e. The summed E-state index contributed by atoms with van der Waals surface area (Å²) < 4.78 is 6.86. The Kier molecular flexibility index (Phi) is 6.65. The third-order valence-corrected chi connectivity index (χ3v) is 6.13. The van der Waals surface area contributed by atoms with Crippen LogP contribution in [0.25, 0.3) is 11.4 Å². The van der Waals surface area contributed by atoms with Gasteiger partial charge in [0.05, 0.1) is 18.1 Å². The van der Waals surface area contributed by atoms with Crippen LogP contribution in [0.4, 0.5) is 5.13 Å². The Hall–Kier alpha value is -2.72. The molecule has 3 aromatic rings. The molecule has 2 aromatic heterocycles. The van der Waals surface area contributed by atoms with Gasteiger partial charge in [-0.3, -0.25) is 4.79 Å². The van der Waals surface area contributed by atoms with Gasteiger partial charge in [0.25, 0.3) is 0 Å². The van der Waals surface area contributed by atoms with Gasteiger partial charge in [-0.05, 0) is 26.3 Å². The first-order chi connectivity index (χ1) is 13.9. The van der Waals surface area contributed by atoms with E-state index in [1.54, 1.807) is 13.8 Å². The summed E-state index contributed by atoms with van der Waals surface area (Å²) in [6, 6.07) is 7.94. The van der Waals surface area contributed by atoms with Crippen molar-refractivity contribution >= 4 is 40.1 Å². The molecule has 0 radical (unpaired) electrons. The van der Waals surface area contributed by atoms with Crippen LogP contribution < -0.4 is 5.32 Å². The van der Waals surface area contributed by atoms with Crippen molar-refractivity contribution in [1.82, 2.24) is 19.7 Å². The van der Waals surface area contributed by atoms with Crippen molar-refractivity contribution in [3.8, 4) is 11.4 Å². The number of aryl methyl sites for hydroxylation is 2. The van der Waals surface area contributed by atoms with Crippen molar-refractivity contribution in [3.63, 3.8) is 0 Å². The summed E-state index contributed by atoms with van der Waals surface area (Å²) in [5, 5.41) is 12.2. The summed E-state index contributed by atoms with van der Waals surface area (Å²) in [4.78, 5) is 28.8. The average Bonchev–Trinajstić information content (AvgIpc) is 3.23. The number of hydrogen-bond donors (Lipinski definition) is 1. The number of carbonyl (C=O) groups excluding carboxylic acids is 2. The lowest BCUT2D eigenvalue weighted by molar-refractivity contribution is -0.113. The Bertz CT molecular complexity index is 1040. The molecule has 1 aromatic carbocycles. The van der Waals surface area contributed by atoms with Crippen LogP contribution in [0.2, 0.25) is 0 Å². The molecule has 0 unspecified atom stereocenters. The second-order valence-corrected chi connectivity index (χ2v) is 8.11. The van der Waals surface area contributed by atoms with Crippen molar-refractivity contribution in [2.24, 2.45) is 7.05 Å². The number of rotatable bonds is 7. The molecule has 1 amide bonds. The number of anilines is 1. The number of nitrogens with one attached hydrogen (secondary N) is 1. The minimum Gasteiger partial charge on any atom is -0.462 e. The predicted molar refractivity (Wildman–Crippen MR) is 113 cm³/mol. The molecule has 0 aliphatic carbocycles. The fraction of sp³-hybridized carbons (Fsp3) is 0.316. The van der Waals surface area contributed by atoms with Crippen molar-refractivity contribution in [3.05, 3.63) is 40.4 Å². The number of hydrogen-bond acceptors (Lipinski definition) is 8. The fourth-order valence-corrected chi connectivity index (χ4v) is 4.21. The molecule has 8 nitrogen and oxygen atoms in total. The van der Waals surface area contributed by atoms with Crippen LogP contribution in [-0.4, -0.2) is 44.0 Å². The van der Waals surface area contributed by atoms with Crippen LogP contribution in [-0.2, 0) is 16.6 Å². The van der Waals surface area contributed by atoms with Crippen molar-refractivity contribution in [1.29, 1.82) is 0 Å². The molecule has 0 atom stereocenters. The van der Waals surface area contributed by atoms with Crippen LogP contribution in [0.3, 0.4) is 0 Å². The highest BCUT2D eigenvalue weighted by molar-refractivity contribution is 7.99. The summed E-state index contributed by atoms with van der Waals surface area (Å²) in [5.74, 6) is 0.230. The van der Waals surface area contributed by atoms with E-state index in [9.17, 15) is 9.59 Å². The van der Waals surface area contributed by atoms with Gasteiger partial charge >= 0.3 is 5.97 Å². The number of aromatic nitrogens is 4. The Balaban J connectivity index is 1.63. The van der Waals surface area contributed by atoms with Crippen molar-refractivity contribution < 1.29 is 14.3 Å². The summed E-state index contributed by atoms with van der Waals surface area (Å²) in [6.45, 7) is 5.76. The molecule has 0 spiro atoms. The third kappa shape index (κ3) is 4.83. The molecule has 0 bridgehead atoms. The lowest BCUT2D eigenvalue weighted by Crippen LogP contribution is -2.14. The molecule has 0 aliphatic heterocycles. The van der Waals surface area contributed by atoms with Crippen molar-refractivity contribution in [2.75, 3.05) is 17.7 Å². The van der Waals surface area contributed by atoms with E-state index in [0.717, 1.165) is 28.3 Å². The Morgan fingerprint density at radius 1 is 1.24 bits per heavy atom. The number of carbonyl (C=O) groups is 2. The topological polar surface area (TPSA) is 99.0 Å². The van der Waals surface area contributed by atoms with Gasteiger partial charge in [0.2, 0.25) is 5.91 Å². The highest BCUT2D eigenvalue weighted by atomic mass is 32.2. The first-order valence-electron chi connectivity index (χ1n) is 8.93. The van der Waals surface area contributed by atoms with Gasteiger partial charge < -0.3 is 14.6 Å². The molecule has 3 rings (SSSR count). The maximum atomic E-state index is 12.3. The van der Waals surface area contributed by atoms with Gasteiger partial charge in [-0.1, -0.05) is 47.4 Å². The predicted octanol–water partition coefficient (Wildman–Crippen LogP) is 3.46. The minimum absolute atomic E-state index is 0.146. The summed E-state index contributed by atoms with van der Waals surface area (Å²) in [7, 11) is 1.87. The lowest BCUT2D eigenvalue weighted by Gasteiger charge is -2.06. The number of ether oxygens (including phenoxy) is 1. The van der Waals surface area contributed by atoms with E-state index >= 15 is 0 Å². The van der Waals surface area contributed by atoms with E-state index in [-0.39, 0.29) is 18.3 Å². The maximum Gasteiger partial charge on any atom is 0.350 e. The zero-order chi connectivity index (χ0) is 21.0. The molecule has 29 heavy (non-hydrogen) atoms.